The van der Waals surface area contributed by atoms with E-state index in [0.29, 0.717) is 12.8 Å². The van der Waals surface area contributed by atoms with Gasteiger partial charge in [-0.3, -0.25) is 9.59 Å². The van der Waals surface area contributed by atoms with Gasteiger partial charge >= 0.3 is 5.97 Å². The monoisotopic (exact) mass is 948 g/mol. The molecule has 1 amide bonds. The number of nitrogens with one attached hydrogen (secondary N) is 1. The number of unbranched alkanes of at least 4 members (excludes halogenated alkanes) is 25. The van der Waals surface area contributed by atoms with Crippen molar-refractivity contribution in [2.45, 2.75) is 282 Å². The van der Waals surface area contributed by atoms with Crippen LogP contribution in [-0.2, 0) is 23.8 Å². The van der Waals surface area contributed by atoms with E-state index in [2.05, 4.69) is 50.4 Å². The number of ether oxygens (including phenoxy) is 3. The maximum absolute atomic E-state index is 13.3. The topological polar surface area (TPSA) is 175 Å². The normalized spacial score (nSPS) is 20.4. The van der Waals surface area contributed by atoms with Crippen LogP contribution in [0.2, 0.25) is 0 Å². The van der Waals surface area contributed by atoms with Crippen molar-refractivity contribution in [2.75, 3.05) is 13.2 Å². The fourth-order valence-electron chi connectivity index (χ4n) is 8.29. The quantitative estimate of drug-likeness (QED) is 0.0196. The van der Waals surface area contributed by atoms with Crippen LogP contribution in [0, 0.1) is 0 Å². The highest BCUT2D eigenvalue weighted by atomic mass is 16.7. The molecular weight excluding hydrogens is 847 g/mol. The number of carbonyl (C=O) groups is 2. The first-order valence-corrected chi connectivity index (χ1v) is 27.4. The third kappa shape index (κ3) is 33.7. The summed E-state index contributed by atoms with van der Waals surface area (Å²) < 4.78 is 17.4. The molecule has 11 nitrogen and oxygen atoms in total. The number of allylic oxidation sites excluding steroid dienone is 7. The molecule has 0 aromatic heterocycles. The van der Waals surface area contributed by atoms with E-state index in [1.165, 1.54) is 135 Å². The van der Waals surface area contributed by atoms with Crippen molar-refractivity contribution in [3.8, 4) is 0 Å². The summed E-state index contributed by atoms with van der Waals surface area (Å²) in [4.78, 5) is 26.3. The molecule has 1 saturated heterocycles. The van der Waals surface area contributed by atoms with Gasteiger partial charge in [-0.15, -0.1) is 0 Å². The van der Waals surface area contributed by atoms with Crippen LogP contribution in [0.1, 0.15) is 233 Å². The van der Waals surface area contributed by atoms with Crippen LogP contribution in [0.5, 0.6) is 0 Å². The van der Waals surface area contributed by atoms with Gasteiger partial charge in [0.15, 0.2) is 12.4 Å². The summed E-state index contributed by atoms with van der Waals surface area (Å²) in [6.45, 7) is 5.71. The molecule has 6 N–H and O–H groups in total. The summed E-state index contributed by atoms with van der Waals surface area (Å²) >= 11 is 0. The molecule has 0 aliphatic carbocycles. The minimum absolute atomic E-state index is 0.0160. The first-order valence-electron chi connectivity index (χ1n) is 27.4. The molecule has 1 heterocycles. The zero-order valence-electron chi connectivity index (χ0n) is 42.8. The van der Waals surface area contributed by atoms with Crippen LogP contribution in [0.4, 0.5) is 0 Å². The summed E-state index contributed by atoms with van der Waals surface area (Å²) in [5.74, 6) is -1.28. The number of hydrogen-bond acceptors (Lipinski definition) is 10. The van der Waals surface area contributed by atoms with Gasteiger partial charge in [0.1, 0.15) is 24.4 Å². The molecule has 0 aromatic carbocycles. The number of rotatable bonds is 45. The highest BCUT2D eigenvalue weighted by Crippen LogP contribution is 2.26. The van der Waals surface area contributed by atoms with Crippen molar-refractivity contribution < 1.29 is 49.3 Å². The second-order valence-electron chi connectivity index (χ2n) is 19.0. The van der Waals surface area contributed by atoms with E-state index in [9.17, 15) is 35.1 Å². The summed E-state index contributed by atoms with van der Waals surface area (Å²) in [6, 6.07) is -1.04. The molecular formula is C56H101NO10. The van der Waals surface area contributed by atoms with Gasteiger partial charge in [-0.1, -0.05) is 204 Å². The zero-order chi connectivity index (χ0) is 49.0. The van der Waals surface area contributed by atoms with E-state index in [1.54, 1.807) is 6.08 Å². The van der Waals surface area contributed by atoms with Crippen molar-refractivity contribution >= 4 is 11.9 Å². The number of aliphatic hydroxyl groups excluding tert-OH is 5. The number of carbonyl (C=O) groups excluding carboxylic acids is 2. The molecule has 11 heteroatoms. The Morgan fingerprint density at radius 3 is 1.54 bits per heavy atom. The lowest BCUT2D eigenvalue weighted by molar-refractivity contribution is -0.305. The average molecular weight is 948 g/mol. The summed E-state index contributed by atoms with van der Waals surface area (Å²) in [6.07, 6.45) is 41.8. The lowest BCUT2D eigenvalue weighted by atomic mass is 9.99. The molecule has 67 heavy (non-hydrogen) atoms. The van der Waals surface area contributed by atoms with Crippen LogP contribution in [-0.4, -0.2) is 99.6 Å². The molecule has 8 unspecified atom stereocenters. The Morgan fingerprint density at radius 1 is 0.582 bits per heavy atom. The minimum Gasteiger partial charge on any atom is -0.454 e. The zero-order valence-corrected chi connectivity index (χ0v) is 42.8. The Kier molecular flexibility index (Phi) is 41.9. The Balaban J connectivity index is 2.81. The van der Waals surface area contributed by atoms with Crippen molar-refractivity contribution in [1.29, 1.82) is 0 Å². The summed E-state index contributed by atoms with van der Waals surface area (Å²) in [7, 11) is 0. The second kappa shape index (κ2) is 44.8. The molecule has 0 radical (unpaired) electrons. The number of amides is 1. The molecule has 1 aliphatic heterocycles. The highest BCUT2D eigenvalue weighted by Gasteiger charge is 2.47. The molecule has 1 rings (SSSR count). The molecule has 0 aromatic rings. The second-order valence-corrected chi connectivity index (χ2v) is 19.0. The molecule has 0 saturated carbocycles. The molecule has 390 valence electrons. The van der Waals surface area contributed by atoms with Crippen LogP contribution in [0.25, 0.3) is 0 Å². The molecule has 1 fully saturated rings. The lowest BCUT2D eigenvalue weighted by Gasteiger charge is -2.41. The van der Waals surface area contributed by atoms with Crippen molar-refractivity contribution in [3.05, 3.63) is 48.6 Å². The van der Waals surface area contributed by atoms with E-state index >= 15 is 0 Å². The lowest BCUT2D eigenvalue weighted by Crippen LogP contribution is -2.61. The Morgan fingerprint density at radius 2 is 1.03 bits per heavy atom. The highest BCUT2D eigenvalue weighted by molar-refractivity contribution is 5.80. The fourth-order valence-corrected chi connectivity index (χ4v) is 8.29. The third-order valence-electron chi connectivity index (χ3n) is 12.7. The average Bonchev–Trinajstić information content (AvgIpc) is 3.32. The first-order chi connectivity index (χ1) is 32.7. The summed E-state index contributed by atoms with van der Waals surface area (Å²) in [5, 5.41) is 56.6. The van der Waals surface area contributed by atoms with Gasteiger partial charge in [-0.2, -0.15) is 0 Å². The summed E-state index contributed by atoms with van der Waals surface area (Å²) in [5.41, 5.74) is 0. The standard InChI is InChI=1S/C56H101NO10/c1-4-7-10-13-16-19-22-25-28-31-34-37-40-43-49(60)55(64)57-47(48(59)42-39-36-33-30-27-24-21-18-15-12-9-6-3)46-65-56-54(53(63)52(62)50(45-58)66-56)67-51(61)44-41-38-35-32-29-26-23-20-17-14-11-8-5-2/h26,28-29,31,35,38-39,42,47-50,52-54,56,58-60,62-63H,4-25,27,30,32-34,36-37,40-41,43-46H2,1-3H3,(H,57,64)/b29-26-,31-28-,38-35+,42-39+. The fraction of sp³-hybridized carbons (Fsp3) is 0.821. The minimum atomic E-state index is -1.64. The van der Waals surface area contributed by atoms with E-state index in [-0.39, 0.29) is 19.4 Å². The van der Waals surface area contributed by atoms with Gasteiger partial charge in [0.2, 0.25) is 5.91 Å². The van der Waals surface area contributed by atoms with Gasteiger partial charge in [-0.05, 0) is 70.6 Å². The number of aliphatic hydroxyl groups is 5. The van der Waals surface area contributed by atoms with Crippen LogP contribution < -0.4 is 5.32 Å². The van der Waals surface area contributed by atoms with Gasteiger partial charge in [-0.25, -0.2) is 0 Å². The maximum Gasteiger partial charge on any atom is 0.306 e. The van der Waals surface area contributed by atoms with Crippen LogP contribution in [0.3, 0.4) is 0 Å². The van der Waals surface area contributed by atoms with Gasteiger partial charge < -0.3 is 45.1 Å². The molecule has 1 aliphatic rings. The van der Waals surface area contributed by atoms with E-state index in [0.717, 1.165) is 51.4 Å². The molecule has 0 bridgehead atoms. The number of hydrogen-bond donors (Lipinski definition) is 6. The van der Waals surface area contributed by atoms with Crippen molar-refractivity contribution in [3.63, 3.8) is 0 Å². The Bertz CT molecular complexity index is 1270. The van der Waals surface area contributed by atoms with Crippen LogP contribution in [0.15, 0.2) is 48.6 Å². The molecule has 0 spiro atoms. The Hall–Kier alpha value is -2.38. The van der Waals surface area contributed by atoms with E-state index < -0.39 is 67.4 Å². The number of esters is 1. The van der Waals surface area contributed by atoms with Crippen molar-refractivity contribution in [1.82, 2.24) is 5.32 Å². The van der Waals surface area contributed by atoms with E-state index in [1.807, 2.05) is 18.2 Å². The SMILES string of the molecule is CCCCCCCC/C=C\C/C=C/CCC(=O)OC1C(OCC(NC(=O)C(O)CCCC/C=C\CCCCCCCCC)C(O)/C=C/CCCCCCCCCCCC)OC(CO)C(O)C1O. The van der Waals surface area contributed by atoms with Crippen molar-refractivity contribution in [2.24, 2.45) is 0 Å². The predicted molar refractivity (Wildman–Crippen MR) is 273 cm³/mol. The predicted octanol–water partition coefficient (Wildman–Crippen LogP) is 11.7. The maximum atomic E-state index is 13.3. The van der Waals surface area contributed by atoms with Crippen LogP contribution >= 0.6 is 0 Å². The van der Waals surface area contributed by atoms with E-state index in [4.69, 9.17) is 14.2 Å². The first kappa shape index (κ1) is 62.6. The van der Waals surface area contributed by atoms with Gasteiger partial charge in [0.05, 0.1) is 25.4 Å². The third-order valence-corrected chi connectivity index (χ3v) is 12.7. The largest absolute Gasteiger partial charge is 0.454 e. The smallest absolute Gasteiger partial charge is 0.306 e. The molecule has 8 atom stereocenters. The van der Waals surface area contributed by atoms with Gasteiger partial charge in [0.25, 0.3) is 0 Å². The van der Waals surface area contributed by atoms with Gasteiger partial charge in [0, 0.05) is 6.42 Å². The Labute approximate surface area is 408 Å².